The van der Waals surface area contributed by atoms with Gasteiger partial charge in [-0.1, -0.05) is 32.0 Å². The molecule has 1 fully saturated rings. The van der Waals surface area contributed by atoms with E-state index in [1.165, 1.54) is 0 Å². The minimum absolute atomic E-state index is 0.494. The van der Waals surface area contributed by atoms with Gasteiger partial charge in [-0.3, -0.25) is 9.59 Å². The fourth-order valence-corrected chi connectivity index (χ4v) is 2.65. The van der Waals surface area contributed by atoms with E-state index in [-0.39, 0.29) is 0 Å². The van der Waals surface area contributed by atoms with Gasteiger partial charge in [-0.15, -0.1) is 0 Å². The van der Waals surface area contributed by atoms with Gasteiger partial charge in [0.1, 0.15) is 5.75 Å². The number of primary amides is 2. The molecule has 5 heteroatoms. The number of ether oxygens (including phenoxy) is 1. The maximum absolute atomic E-state index is 11.7. The number of rotatable bonds is 4. The van der Waals surface area contributed by atoms with E-state index >= 15 is 0 Å². The third-order valence-corrected chi connectivity index (χ3v) is 3.67. The SMILES string of the molecule is CC1(C)C(C(N)=O)C1(Oc1ccccc1)C(N)=O. The predicted molar refractivity (Wildman–Crippen MR) is 65.5 cm³/mol. The van der Waals surface area contributed by atoms with E-state index in [1.54, 1.807) is 38.1 Å². The molecular weight excluding hydrogens is 232 g/mol. The summed E-state index contributed by atoms with van der Waals surface area (Å²) in [6.07, 6.45) is 0. The number of para-hydroxylation sites is 1. The summed E-state index contributed by atoms with van der Waals surface area (Å²) >= 11 is 0. The van der Waals surface area contributed by atoms with Crippen LogP contribution in [0.3, 0.4) is 0 Å². The average Bonchev–Trinajstić information content (AvgIpc) is 2.77. The number of carbonyl (C=O) groups excluding carboxylic acids is 2. The molecule has 1 aromatic rings. The maximum atomic E-state index is 11.7. The lowest BCUT2D eigenvalue weighted by molar-refractivity contribution is -0.131. The van der Waals surface area contributed by atoms with Crippen molar-refractivity contribution in [3.63, 3.8) is 0 Å². The first-order chi connectivity index (χ1) is 8.34. The molecule has 0 aliphatic heterocycles. The summed E-state index contributed by atoms with van der Waals surface area (Å²) < 4.78 is 5.69. The van der Waals surface area contributed by atoms with Crippen molar-refractivity contribution in [1.29, 1.82) is 0 Å². The van der Waals surface area contributed by atoms with E-state index in [9.17, 15) is 9.59 Å². The lowest BCUT2D eigenvalue weighted by Gasteiger charge is -2.19. The summed E-state index contributed by atoms with van der Waals surface area (Å²) in [4.78, 5) is 23.1. The van der Waals surface area contributed by atoms with E-state index in [0.29, 0.717) is 5.75 Å². The van der Waals surface area contributed by atoms with Crippen LogP contribution in [0.1, 0.15) is 13.8 Å². The molecule has 2 atom stereocenters. The Morgan fingerprint density at radius 2 is 1.72 bits per heavy atom. The molecule has 0 spiro atoms. The summed E-state index contributed by atoms with van der Waals surface area (Å²) in [5.74, 6) is -1.45. The Kier molecular flexibility index (Phi) is 2.57. The normalized spacial score (nSPS) is 28.4. The highest BCUT2D eigenvalue weighted by atomic mass is 16.5. The molecule has 0 heterocycles. The number of amides is 2. The Morgan fingerprint density at radius 1 is 1.17 bits per heavy atom. The van der Waals surface area contributed by atoms with E-state index in [1.807, 2.05) is 6.07 Å². The summed E-state index contributed by atoms with van der Waals surface area (Å²) in [5, 5.41) is 0. The van der Waals surface area contributed by atoms with E-state index in [4.69, 9.17) is 16.2 Å². The van der Waals surface area contributed by atoms with Crippen LogP contribution in [0.15, 0.2) is 30.3 Å². The first-order valence-corrected chi connectivity index (χ1v) is 5.67. The van der Waals surface area contributed by atoms with Gasteiger partial charge in [0.15, 0.2) is 0 Å². The largest absolute Gasteiger partial charge is 0.476 e. The molecule has 1 saturated carbocycles. The van der Waals surface area contributed by atoms with Gasteiger partial charge in [0.25, 0.3) is 5.91 Å². The number of benzene rings is 1. The monoisotopic (exact) mass is 248 g/mol. The van der Waals surface area contributed by atoms with Gasteiger partial charge < -0.3 is 16.2 Å². The predicted octanol–water partition coefficient (Wildman–Crippen LogP) is 0.431. The third-order valence-electron chi connectivity index (χ3n) is 3.67. The van der Waals surface area contributed by atoms with Crippen molar-refractivity contribution in [1.82, 2.24) is 0 Å². The molecule has 96 valence electrons. The van der Waals surface area contributed by atoms with E-state index in [2.05, 4.69) is 0 Å². The first-order valence-electron chi connectivity index (χ1n) is 5.67. The Morgan fingerprint density at radius 3 is 2.11 bits per heavy atom. The molecule has 5 nitrogen and oxygen atoms in total. The molecule has 1 aliphatic carbocycles. The van der Waals surface area contributed by atoms with Crippen LogP contribution in [0.25, 0.3) is 0 Å². The summed E-state index contributed by atoms with van der Waals surface area (Å²) in [5.41, 5.74) is 8.69. The smallest absolute Gasteiger partial charge is 0.263 e. The van der Waals surface area contributed by atoms with Crippen LogP contribution < -0.4 is 16.2 Å². The van der Waals surface area contributed by atoms with Crippen molar-refractivity contribution in [3.05, 3.63) is 30.3 Å². The molecule has 2 rings (SSSR count). The van der Waals surface area contributed by atoms with Crippen molar-refractivity contribution in [2.75, 3.05) is 0 Å². The fourth-order valence-electron chi connectivity index (χ4n) is 2.65. The van der Waals surface area contributed by atoms with E-state index < -0.39 is 28.7 Å². The van der Waals surface area contributed by atoms with Crippen LogP contribution in [0.5, 0.6) is 5.75 Å². The fraction of sp³-hybridized carbons (Fsp3) is 0.385. The molecule has 0 aromatic heterocycles. The highest BCUT2D eigenvalue weighted by Gasteiger charge is 2.80. The standard InChI is InChI=1S/C13H16N2O3/c1-12(2)9(10(14)16)13(12,11(15)17)18-8-6-4-3-5-7-8/h3-7,9H,1-2H3,(H2,14,16)(H2,15,17). The highest BCUT2D eigenvalue weighted by Crippen LogP contribution is 2.63. The van der Waals surface area contributed by atoms with Gasteiger partial charge in [-0.05, 0) is 12.1 Å². The second kappa shape index (κ2) is 3.73. The average molecular weight is 248 g/mol. The molecule has 4 N–H and O–H groups in total. The summed E-state index contributed by atoms with van der Waals surface area (Å²) in [6, 6.07) is 8.79. The van der Waals surface area contributed by atoms with Crippen LogP contribution in [0.4, 0.5) is 0 Å². The van der Waals surface area contributed by atoms with Gasteiger partial charge in [0, 0.05) is 5.41 Å². The van der Waals surface area contributed by atoms with Crippen molar-refractivity contribution < 1.29 is 14.3 Å². The van der Waals surface area contributed by atoms with E-state index in [0.717, 1.165) is 0 Å². The Hall–Kier alpha value is -2.04. The molecular formula is C13H16N2O3. The van der Waals surface area contributed by atoms with Gasteiger partial charge in [-0.2, -0.15) is 0 Å². The van der Waals surface area contributed by atoms with Crippen molar-refractivity contribution >= 4 is 11.8 Å². The second-order valence-electron chi connectivity index (χ2n) is 5.07. The van der Waals surface area contributed by atoms with Crippen LogP contribution in [0, 0.1) is 11.3 Å². The first kappa shape index (κ1) is 12.4. The Bertz CT molecular complexity index is 498. The number of nitrogens with two attached hydrogens (primary N) is 2. The molecule has 0 bridgehead atoms. The Balaban J connectivity index is 2.37. The minimum Gasteiger partial charge on any atom is -0.476 e. The quantitative estimate of drug-likeness (QED) is 0.808. The molecule has 0 saturated heterocycles. The molecule has 0 radical (unpaired) electrons. The van der Waals surface area contributed by atoms with Crippen LogP contribution in [0.2, 0.25) is 0 Å². The zero-order chi connectivity index (χ0) is 13.6. The molecule has 1 aromatic carbocycles. The summed E-state index contributed by atoms with van der Waals surface area (Å²) in [7, 11) is 0. The zero-order valence-electron chi connectivity index (χ0n) is 10.3. The van der Waals surface area contributed by atoms with Gasteiger partial charge >= 0.3 is 0 Å². The number of hydrogen-bond donors (Lipinski definition) is 2. The minimum atomic E-state index is -1.35. The molecule has 2 amide bonds. The van der Waals surface area contributed by atoms with Crippen molar-refractivity contribution in [2.45, 2.75) is 19.4 Å². The maximum Gasteiger partial charge on any atom is 0.263 e. The van der Waals surface area contributed by atoms with Crippen molar-refractivity contribution in [2.24, 2.45) is 22.8 Å². The molecule has 1 aliphatic rings. The molecule has 2 unspecified atom stereocenters. The van der Waals surface area contributed by atoms with Crippen molar-refractivity contribution in [3.8, 4) is 5.75 Å². The molecule has 18 heavy (non-hydrogen) atoms. The summed E-state index contributed by atoms with van der Waals surface area (Å²) in [6.45, 7) is 3.49. The van der Waals surface area contributed by atoms with Crippen LogP contribution in [-0.4, -0.2) is 17.4 Å². The topological polar surface area (TPSA) is 95.4 Å². The van der Waals surface area contributed by atoms with Gasteiger partial charge in [0.2, 0.25) is 11.5 Å². The van der Waals surface area contributed by atoms with Crippen LogP contribution >= 0.6 is 0 Å². The van der Waals surface area contributed by atoms with Crippen LogP contribution in [-0.2, 0) is 9.59 Å². The Labute approximate surface area is 105 Å². The zero-order valence-corrected chi connectivity index (χ0v) is 10.3. The third kappa shape index (κ3) is 1.47. The lowest BCUT2D eigenvalue weighted by Crippen LogP contribution is -2.42. The number of hydrogen-bond acceptors (Lipinski definition) is 3. The second-order valence-corrected chi connectivity index (χ2v) is 5.07. The highest BCUT2D eigenvalue weighted by molar-refractivity contribution is 5.99. The van der Waals surface area contributed by atoms with Gasteiger partial charge in [-0.25, -0.2) is 0 Å². The van der Waals surface area contributed by atoms with Gasteiger partial charge in [0.05, 0.1) is 5.92 Å². The number of carbonyl (C=O) groups is 2. The lowest BCUT2D eigenvalue weighted by atomic mass is 10.1.